The smallest absolute Gasteiger partial charge is 0.334 e. The SMILES string of the molecule is CCSc1nnc(-c2nn(C)c3c2CN(C(=O)c2ccccc2C(F)(F)F)CC3)n1C. The number of hydrogen-bond donors (Lipinski definition) is 0. The van der Waals surface area contributed by atoms with Gasteiger partial charge in [-0.15, -0.1) is 10.2 Å². The van der Waals surface area contributed by atoms with E-state index in [1.165, 1.54) is 23.1 Å². The van der Waals surface area contributed by atoms with Crippen LogP contribution in [-0.4, -0.2) is 47.6 Å². The van der Waals surface area contributed by atoms with E-state index in [-0.39, 0.29) is 12.1 Å². The zero-order chi connectivity index (χ0) is 22.3. The molecule has 1 aliphatic rings. The van der Waals surface area contributed by atoms with Gasteiger partial charge in [-0.2, -0.15) is 18.3 Å². The van der Waals surface area contributed by atoms with Gasteiger partial charge in [0, 0.05) is 38.3 Å². The van der Waals surface area contributed by atoms with Gasteiger partial charge in [0.05, 0.1) is 17.7 Å². The molecule has 0 atom stereocenters. The summed E-state index contributed by atoms with van der Waals surface area (Å²) in [6, 6.07) is 4.89. The number of amides is 1. The van der Waals surface area contributed by atoms with E-state index in [1.54, 1.807) is 16.4 Å². The Balaban J connectivity index is 1.69. The zero-order valence-electron chi connectivity index (χ0n) is 17.3. The van der Waals surface area contributed by atoms with Crippen LogP contribution in [0.2, 0.25) is 0 Å². The van der Waals surface area contributed by atoms with Crippen molar-refractivity contribution in [3.05, 3.63) is 46.6 Å². The van der Waals surface area contributed by atoms with Crippen molar-refractivity contribution in [3.8, 4) is 11.5 Å². The predicted molar refractivity (Wildman–Crippen MR) is 109 cm³/mol. The third kappa shape index (κ3) is 3.82. The maximum Gasteiger partial charge on any atom is 0.417 e. The minimum absolute atomic E-state index is 0.159. The van der Waals surface area contributed by atoms with Crippen LogP contribution in [0, 0.1) is 0 Å². The Bertz CT molecular complexity index is 1140. The Labute approximate surface area is 181 Å². The van der Waals surface area contributed by atoms with Crippen molar-refractivity contribution in [2.45, 2.75) is 31.2 Å². The molecule has 0 aliphatic carbocycles. The lowest BCUT2D eigenvalue weighted by atomic mass is 10.0. The second-order valence-electron chi connectivity index (χ2n) is 7.22. The second-order valence-corrected chi connectivity index (χ2v) is 8.45. The van der Waals surface area contributed by atoms with Crippen LogP contribution >= 0.6 is 11.8 Å². The number of aryl methyl sites for hydroxylation is 1. The molecule has 0 spiro atoms. The van der Waals surface area contributed by atoms with Gasteiger partial charge in [0.25, 0.3) is 5.91 Å². The molecule has 3 heterocycles. The summed E-state index contributed by atoms with van der Waals surface area (Å²) in [7, 11) is 3.66. The van der Waals surface area contributed by atoms with Gasteiger partial charge in [-0.3, -0.25) is 9.48 Å². The van der Waals surface area contributed by atoms with Crippen molar-refractivity contribution in [1.82, 2.24) is 29.4 Å². The van der Waals surface area contributed by atoms with Gasteiger partial charge in [0.15, 0.2) is 11.0 Å². The fraction of sp³-hybridized carbons (Fsp3) is 0.400. The highest BCUT2D eigenvalue weighted by molar-refractivity contribution is 7.99. The molecule has 7 nitrogen and oxygen atoms in total. The second kappa shape index (κ2) is 8.03. The highest BCUT2D eigenvalue weighted by atomic mass is 32.2. The lowest BCUT2D eigenvalue weighted by Gasteiger charge is -2.28. The van der Waals surface area contributed by atoms with Crippen LogP contribution in [0.5, 0.6) is 0 Å². The fourth-order valence-electron chi connectivity index (χ4n) is 3.81. The molecular weight excluding hydrogens is 429 g/mol. The molecule has 0 saturated carbocycles. The summed E-state index contributed by atoms with van der Waals surface area (Å²) in [5.41, 5.74) is 1.05. The van der Waals surface area contributed by atoms with E-state index < -0.39 is 17.6 Å². The van der Waals surface area contributed by atoms with Crippen LogP contribution in [0.25, 0.3) is 11.5 Å². The molecule has 4 rings (SSSR count). The van der Waals surface area contributed by atoms with Gasteiger partial charge in [-0.05, 0) is 17.9 Å². The van der Waals surface area contributed by atoms with E-state index in [1.807, 2.05) is 25.6 Å². The molecule has 2 aromatic heterocycles. The first kappa shape index (κ1) is 21.4. The summed E-state index contributed by atoms with van der Waals surface area (Å²) < 4.78 is 43.8. The van der Waals surface area contributed by atoms with Gasteiger partial charge in [0.1, 0.15) is 5.69 Å². The first-order valence-corrected chi connectivity index (χ1v) is 10.7. The van der Waals surface area contributed by atoms with E-state index in [4.69, 9.17) is 0 Å². The summed E-state index contributed by atoms with van der Waals surface area (Å²) in [4.78, 5) is 14.5. The molecular formula is C20H21F3N6OS. The Morgan fingerprint density at radius 2 is 1.94 bits per heavy atom. The van der Waals surface area contributed by atoms with Crippen LogP contribution in [0.15, 0.2) is 29.4 Å². The Morgan fingerprint density at radius 1 is 1.19 bits per heavy atom. The van der Waals surface area contributed by atoms with Gasteiger partial charge < -0.3 is 9.47 Å². The Kier molecular flexibility index (Phi) is 5.54. The summed E-state index contributed by atoms with van der Waals surface area (Å²) >= 11 is 1.55. The molecule has 0 unspecified atom stereocenters. The van der Waals surface area contributed by atoms with Crippen LogP contribution < -0.4 is 0 Å². The van der Waals surface area contributed by atoms with Gasteiger partial charge in [0.2, 0.25) is 0 Å². The number of rotatable bonds is 4. The number of alkyl halides is 3. The van der Waals surface area contributed by atoms with Crippen molar-refractivity contribution in [2.75, 3.05) is 12.3 Å². The van der Waals surface area contributed by atoms with E-state index in [9.17, 15) is 18.0 Å². The molecule has 31 heavy (non-hydrogen) atoms. The third-order valence-electron chi connectivity index (χ3n) is 5.31. The minimum atomic E-state index is -4.60. The van der Waals surface area contributed by atoms with Crippen molar-refractivity contribution in [2.24, 2.45) is 14.1 Å². The first-order chi connectivity index (χ1) is 14.7. The standard InChI is InChI=1S/C20H21F3N6OS/c1-4-31-19-25-24-17(27(19)2)16-13-11-29(10-9-15(13)28(3)26-16)18(30)12-7-5-6-8-14(12)20(21,22)23/h5-8H,4,9-11H2,1-3H3. The molecule has 11 heteroatoms. The first-order valence-electron chi connectivity index (χ1n) is 9.75. The summed E-state index contributed by atoms with van der Waals surface area (Å²) in [5, 5.41) is 13.8. The topological polar surface area (TPSA) is 68.8 Å². The molecule has 1 amide bonds. The number of fused-ring (bicyclic) bond motifs is 1. The number of thioether (sulfide) groups is 1. The van der Waals surface area contributed by atoms with E-state index >= 15 is 0 Å². The molecule has 1 aliphatic heterocycles. The average molecular weight is 450 g/mol. The lowest BCUT2D eigenvalue weighted by Crippen LogP contribution is -2.37. The largest absolute Gasteiger partial charge is 0.417 e. The summed E-state index contributed by atoms with van der Waals surface area (Å²) in [5.74, 6) is 0.763. The number of hydrogen-bond acceptors (Lipinski definition) is 5. The number of aromatic nitrogens is 5. The number of carbonyl (C=O) groups is 1. The summed E-state index contributed by atoms with van der Waals surface area (Å²) in [6.45, 7) is 2.49. The fourth-order valence-corrected chi connectivity index (χ4v) is 4.45. The van der Waals surface area contributed by atoms with Crippen LogP contribution in [-0.2, 0) is 33.2 Å². The van der Waals surface area contributed by atoms with Crippen molar-refractivity contribution in [3.63, 3.8) is 0 Å². The van der Waals surface area contributed by atoms with Crippen LogP contribution in [0.3, 0.4) is 0 Å². The molecule has 0 bridgehead atoms. The normalized spacial score (nSPS) is 14.1. The average Bonchev–Trinajstić information content (AvgIpc) is 3.26. The summed E-state index contributed by atoms with van der Waals surface area (Å²) in [6.07, 6.45) is -4.11. The zero-order valence-corrected chi connectivity index (χ0v) is 18.1. The van der Waals surface area contributed by atoms with E-state index in [2.05, 4.69) is 15.3 Å². The van der Waals surface area contributed by atoms with Crippen molar-refractivity contribution >= 4 is 17.7 Å². The predicted octanol–water partition coefficient (Wildman–Crippen LogP) is 3.54. The van der Waals surface area contributed by atoms with Gasteiger partial charge >= 0.3 is 6.18 Å². The number of nitrogens with zero attached hydrogens (tertiary/aromatic N) is 6. The molecule has 0 fully saturated rings. The maximum atomic E-state index is 13.4. The monoisotopic (exact) mass is 450 g/mol. The van der Waals surface area contributed by atoms with Crippen LogP contribution in [0.4, 0.5) is 13.2 Å². The number of carbonyl (C=O) groups excluding carboxylic acids is 1. The highest BCUT2D eigenvalue weighted by Gasteiger charge is 2.37. The van der Waals surface area contributed by atoms with E-state index in [0.29, 0.717) is 24.5 Å². The van der Waals surface area contributed by atoms with Crippen molar-refractivity contribution < 1.29 is 18.0 Å². The highest BCUT2D eigenvalue weighted by Crippen LogP contribution is 2.34. The molecule has 164 valence electrons. The molecule has 1 aromatic carbocycles. The molecule has 0 N–H and O–H groups in total. The van der Waals surface area contributed by atoms with Crippen molar-refractivity contribution in [1.29, 1.82) is 0 Å². The molecule has 0 radical (unpaired) electrons. The van der Waals surface area contributed by atoms with Gasteiger partial charge in [-0.25, -0.2) is 0 Å². The molecule has 3 aromatic rings. The lowest BCUT2D eigenvalue weighted by molar-refractivity contribution is -0.138. The maximum absolute atomic E-state index is 13.4. The van der Waals surface area contributed by atoms with Crippen LogP contribution in [0.1, 0.15) is 34.1 Å². The van der Waals surface area contributed by atoms with E-state index in [0.717, 1.165) is 28.2 Å². The minimum Gasteiger partial charge on any atom is -0.334 e. The quantitative estimate of drug-likeness (QED) is 0.569. The third-order valence-corrected chi connectivity index (χ3v) is 6.21. The molecule has 0 saturated heterocycles. The Morgan fingerprint density at radius 3 is 2.65 bits per heavy atom. The van der Waals surface area contributed by atoms with Gasteiger partial charge in [-0.1, -0.05) is 30.8 Å². The Hall–Kier alpha value is -2.82. The number of benzene rings is 1. The number of halogens is 3.